The van der Waals surface area contributed by atoms with E-state index >= 15 is 0 Å². The summed E-state index contributed by atoms with van der Waals surface area (Å²) in [5.41, 5.74) is -0.626. The third-order valence-electron chi connectivity index (χ3n) is 3.21. The average molecular weight is 286 g/mol. The number of β-lactam (4-membered cyclic amide) rings is 1. The van der Waals surface area contributed by atoms with E-state index in [2.05, 4.69) is 10.6 Å². The zero-order valence-electron chi connectivity index (χ0n) is 12.4. The van der Waals surface area contributed by atoms with Gasteiger partial charge in [-0.05, 0) is 34.6 Å². The summed E-state index contributed by atoms with van der Waals surface area (Å²) in [6.07, 6.45) is -0.619. The van der Waals surface area contributed by atoms with E-state index in [1.54, 1.807) is 27.7 Å². The molecule has 0 aromatic heterocycles. The van der Waals surface area contributed by atoms with Gasteiger partial charge in [0.1, 0.15) is 5.60 Å². The minimum Gasteiger partial charge on any atom is -0.481 e. The average Bonchev–Trinajstić information content (AvgIpc) is 2.21. The zero-order chi connectivity index (χ0) is 15.7. The number of hydrogen-bond donors (Lipinski definition) is 3. The Morgan fingerprint density at radius 2 is 1.90 bits per heavy atom. The molecule has 114 valence electrons. The van der Waals surface area contributed by atoms with Gasteiger partial charge in [-0.1, -0.05) is 0 Å². The molecule has 1 saturated heterocycles. The number of carbonyl (C=O) groups is 3. The summed E-state index contributed by atoms with van der Waals surface area (Å²) in [7, 11) is 0. The molecule has 1 aliphatic heterocycles. The second-order valence-corrected chi connectivity index (χ2v) is 6.12. The number of carboxylic acid groups (broad SMARTS) is 1. The van der Waals surface area contributed by atoms with E-state index in [0.29, 0.717) is 0 Å². The van der Waals surface area contributed by atoms with Crippen LogP contribution in [-0.4, -0.2) is 40.8 Å². The summed E-state index contributed by atoms with van der Waals surface area (Å²) in [5, 5.41) is 14.1. The van der Waals surface area contributed by atoms with Gasteiger partial charge in [-0.15, -0.1) is 0 Å². The highest BCUT2D eigenvalue weighted by atomic mass is 16.6. The Kier molecular flexibility index (Phi) is 4.62. The number of carbonyl (C=O) groups excluding carboxylic acids is 2. The van der Waals surface area contributed by atoms with Gasteiger partial charge in [0.2, 0.25) is 5.91 Å². The first-order valence-corrected chi connectivity index (χ1v) is 6.55. The molecule has 7 nitrogen and oxygen atoms in total. The summed E-state index contributed by atoms with van der Waals surface area (Å²) < 4.78 is 5.11. The third kappa shape index (κ3) is 3.85. The molecule has 2 amide bonds. The first-order valence-electron chi connectivity index (χ1n) is 6.55. The van der Waals surface area contributed by atoms with Crippen molar-refractivity contribution in [3.8, 4) is 0 Å². The van der Waals surface area contributed by atoms with Gasteiger partial charge >= 0.3 is 12.1 Å². The monoisotopic (exact) mass is 286 g/mol. The first kappa shape index (κ1) is 16.3. The number of carboxylic acids is 1. The molecule has 0 aromatic carbocycles. The van der Waals surface area contributed by atoms with Crippen molar-refractivity contribution in [3.05, 3.63) is 0 Å². The molecule has 1 rings (SSSR count). The Balaban J connectivity index is 2.62. The molecule has 1 heterocycles. The predicted molar refractivity (Wildman–Crippen MR) is 71.1 cm³/mol. The molecule has 1 aliphatic rings. The summed E-state index contributed by atoms with van der Waals surface area (Å²) in [5.74, 6) is -2.51. The Morgan fingerprint density at radius 1 is 1.35 bits per heavy atom. The van der Waals surface area contributed by atoms with Crippen molar-refractivity contribution >= 4 is 18.0 Å². The predicted octanol–water partition coefficient (Wildman–Crippen LogP) is 0.735. The number of amides is 2. The molecule has 3 N–H and O–H groups in total. The van der Waals surface area contributed by atoms with E-state index in [9.17, 15) is 14.4 Å². The third-order valence-corrected chi connectivity index (χ3v) is 3.21. The molecule has 1 fully saturated rings. The van der Waals surface area contributed by atoms with Crippen LogP contribution >= 0.6 is 0 Å². The van der Waals surface area contributed by atoms with E-state index in [1.165, 1.54) is 6.92 Å². The fourth-order valence-corrected chi connectivity index (χ4v) is 2.13. The Labute approximate surface area is 118 Å². The number of hydrogen-bond acceptors (Lipinski definition) is 4. The van der Waals surface area contributed by atoms with Gasteiger partial charge < -0.3 is 20.5 Å². The summed E-state index contributed by atoms with van der Waals surface area (Å²) >= 11 is 0. The molecular weight excluding hydrogens is 264 g/mol. The van der Waals surface area contributed by atoms with E-state index in [4.69, 9.17) is 9.84 Å². The van der Waals surface area contributed by atoms with Gasteiger partial charge in [0, 0.05) is 6.04 Å². The van der Waals surface area contributed by atoms with E-state index in [1.807, 2.05) is 0 Å². The van der Waals surface area contributed by atoms with Crippen molar-refractivity contribution in [2.45, 2.75) is 52.3 Å². The van der Waals surface area contributed by atoms with Crippen molar-refractivity contribution in [2.24, 2.45) is 11.8 Å². The standard InChI is InChI=1S/C13H22N2O5/c1-6(11(17)18)9-8(10(16)15-9)7(2)14-12(19)20-13(3,4)5/h6-9H,1-5H3,(H,14,19)(H,15,16)(H,17,18)/t6?,7-,8-,9-/m1/s1. The van der Waals surface area contributed by atoms with Gasteiger partial charge in [0.05, 0.1) is 17.9 Å². The minimum absolute atomic E-state index is 0.258. The van der Waals surface area contributed by atoms with Crippen LogP contribution in [0.3, 0.4) is 0 Å². The van der Waals surface area contributed by atoms with Crippen LogP contribution in [0.5, 0.6) is 0 Å². The van der Waals surface area contributed by atoms with Gasteiger partial charge in [-0.2, -0.15) is 0 Å². The summed E-state index contributed by atoms with van der Waals surface area (Å²) in [6, 6.07) is -0.977. The number of ether oxygens (including phenoxy) is 1. The molecule has 4 atom stereocenters. The van der Waals surface area contributed by atoms with Gasteiger partial charge in [0.15, 0.2) is 0 Å². The van der Waals surface area contributed by atoms with Crippen LogP contribution in [0.4, 0.5) is 4.79 Å². The molecule has 0 aliphatic carbocycles. The first-order chi connectivity index (χ1) is 9.03. The molecule has 0 bridgehead atoms. The number of alkyl carbamates (subject to hydrolysis) is 1. The largest absolute Gasteiger partial charge is 0.481 e. The van der Waals surface area contributed by atoms with Crippen molar-refractivity contribution in [1.82, 2.24) is 10.6 Å². The second kappa shape index (κ2) is 5.68. The molecule has 0 radical (unpaired) electrons. The van der Waals surface area contributed by atoms with Crippen LogP contribution < -0.4 is 10.6 Å². The Bertz CT molecular complexity index is 415. The SMILES string of the molecule is CC(C(=O)O)[C@H]1NC(=O)[C@@H]1[C@@H](C)NC(=O)OC(C)(C)C. The van der Waals surface area contributed by atoms with Crippen LogP contribution in [0, 0.1) is 11.8 Å². The molecule has 0 aromatic rings. The summed E-state index contributed by atoms with van der Waals surface area (Å²) in [6.45, 7) is 8.41. The lowest BCUT2D eigenvalue weighted by atomic mass is 9.78. The van der Waals surface area contributed by atoms with Crippen LogP contribution in [0.15, 0.2) is 0 Å². The molecule has 0 spiro atoms. The van der Waals surface area contributed by atoms with E-state index < -0.39 is 41.6 Å². The highest BCUT2D eigenvalue weighted by Gasteiger charge is 2.48. The van der Waals surface area contributed by atoms with Crippen molar-refractivity contribution in [3.63, 3.8) is 0 Å². The maximum atomic E-state index is 11.6. The normalized spacial score (nSPS) is 24.9. The Morgan fingerprint density at radius 3 is 2.30 bits per heavy atom. The van der Waals surface area contributed by atoms with Crippen LogP contribution in [0.1, 0.15) is 34.6 Å². The van der Waals surface area contributed by atoms with Crippen LogP contribution in [0.2, 0.25) is 0 Å². The highest BCUT2D eigenvalue weighted by Crippen LogP contribution is 2.26. The zero-order valence-corrected chi connectivity index (χ0v) is 12.4. The molecule has 20 heavy (non-hydrogen) atoms. The van der Waals surface area contributed by atoms with Crippen molar-refractivity contribution in [1.29, 1.82) is 0 Å². The maximum Gasteiger partial charge on any atom is 0.407 e. The highest BCUT2D eigenvalue weighted by molar-refractivity contribution is 5.89. The lowest BCUT2D eigenvalue weighted by Crippen LogP contribution is -2.67. The number of nitrogens with one attached hydrogen (secondary N) is 2. The Hall–Kier alpha value is -1.79. The lowest BCUT2D eigenvalue weighted by molar-refractivity contribution is -0.148. The lowest BCUT2D eigenvalue weighted by Gasteiger charge is -2.42. The fourth-order valence-electron chi connectivity index (χ4n) is 2.13. The molecule has 0 saturated carbocycles. The smallest absolute Gasteiger partial charge is 0.407 e. The molecular formula is C13H22N2O5. The molecule has 7 heteroatoms. The van der Waals surface area contributed by atoms with Gasteiger partial charge in [-0.3, -0.25) is 9.59 Å². The van der Waals surface area contributed by atoms with Crippen LogP contribution in [0.25, 0.3) is 0 Å². The van der Waals surface area contributed by atoms with E-state index in [-0.39, 0.29) is 5.91 Å². The number of rotatable bonds is 4. The molecule has 1 unspecified atom stereocenters. The second-order valence-electron chi connectivity index (χ2n) is 6.12. The number of aliphatic carboxylic acids is 1. The van der Waals surface area contributed by atoms with Crippen molar-refractivity contribution < 1.29 is 24.2 Å². The van der Waals surface area contributed by atoms with E-state index in [0.717, 1.165) is 0 Å². The summed E-state index contributed by atoms with van der Waals surface area (Å²) in [4.78, 5) is 34.2. The minimum atomic E-state index is -0.982. The quantitative estimate of drug-likeness (QED) is 0.661. The van der Waals surface area contributed by atoms with Gasteiger partial charge in [0.25, 0.3) is 0 Å². The fraction of sp³-hybridized carbons (Fsp3) is 0.769. The van der Waals surface area contributed by atoms with Gasteiger partial charge in [-0.25, -0.2) is 4.79 Å². The van der Waals surface area contributed by atoms with Crippen molar-refractivity contribution in [2.75, 3.05) is 0 Å². The maximum absolute atomic E-state index is 11.6. The topological polar surface area (TPSA) is 105 Å². The van der Waals surface area contributed by atoms with Crippen LogP contribution in [-0.2, 0) is 14.3 Å².